The quantitative estimate of drug-likeness (QED) is 0.862. The molecule has 1 aromatic heterocycles. The summed E-state index contributed by atoms with van der Waals surface area (Å²) < 4.78 is 0. The van der Waals surface area contributed by atoms with Crippen molar-refractivity contribution in [2.75, 3.05) is 57.3 Å². The van der Waals surface area contributed by atoms with Crippen LogP contribution < -0.4 is 4.90 Å². The molecule has 0 radical (unpaired) electrons. The number of piperidine rings is 1. The van der Waals surface area contributed by atoms with Gasteiger partial charge in [-0.3, -0.25) is 4.90 Å². The van der Waals surface area contributed by atoms with E-state index in [2.05, 4.69) is 31.6 Å². The maximum absolute atomic E-state index is 10.4. The van der Waals surface area contributed by atoms with Crippen molar-refractivity contribution in [2.45, 2.75) is 25.9 Å². The van der Waals surface area contributed by atoms with E-state index in [1.54, 1.807) is 12.4 Å². The topological polar surface area (TPSA) is 55.7 Å². The molecule has 0 aliphatic carbocycles. The first-order valence-electron chi connectivity index (χ1n) is 8.85. The minimum absolute atomic E-state index is 0.247. The molecule has 0 amide bonds. The molecule has 23 heavy (non-hydrogen) atoms. The number of aromatic nitrogens is 2. The highest BCUT2D eigenvalue weighted by atomic mass is 16.3. The van der Waals surface area contributed by atoms with Gasteiger partial charge in [0.25, 0.3) is 0 Å². The van der Waals surface area contributed by atoms with Crippen molar-refractivity contribution in [2.24, 2.45) is 5.92 Å². The Bertz CT molecular complexity index is 455. The van der Waals surface area contributed by atoms with Gasteiger partial charge in [0.2, 0.25) is 5.95 Å². The summed E-state index contributed by atoms with van der Waals surface area (Å²) in [6, 6.07) is 1.84. The SMILES string of the molecule is CC1CCN(CC(O)CN2CCN(c3ncccn3)CC2)CC1. The molecule has 0 spiro atoms. The Balaban J connectivity index is 1.38. The van der Waals surface area contributed by atoms with Crippen molar-refractivity contribution in [1.29, 1.82) is 0 Å². The molecule has 1 aromatic rings. The third-order valence-corrected chi connectivity index (χ3v) is 5.02. The molecule has 1 N–H and O–H groups in total. The summed E-state index contributed by atoms with van der Waals surface area (Å²) in [7, 11) is 0. The highest BCUT2D eigenvalue weighted by Gasteiger charge is 2.23. The molecule has 6 nitrogen and oxygen atoms in total. The summed E-state index contributed by atoms with van der Waals surface area (Å²) in [6.45, 7) is 9.97. The van der Waals surface area contributed by atoms with Gasteiger partial charge in [-0.2, -0.15) is 0 Å². The molecular weight excluding hydrogens is 290 g/mol. The summed E-state index contributed by atoms with van der Waals surface area (Å²) in [5.41, 5.74) is 0. The summed E-state index contributed by atoms with van der Waals surface area (Å²) in [6.07, 6.45) is 5.86. The van der Waals surface area contributed by atoms with Crippen LogP contribution in [-0.4, -0.2) is 83.3 Å². The Labute approximate surface area is 139 Å². The van der Waals surface area contributed by atoms with Crippen LogP contribution in [0.2, 0.25) is 0 Å². The van der Waals surface area contributed by atoms with Gasteiger partial charge in [0.15, 0.2) is 0 Å². The zero-order valence-corrected chi connectivity index (χ0v) is 14.1. The number of nitrogens with zero attached hydrogens (tertiary/aromatic N) is 5. The molecule has 0 saturated carbocycles. The second-order valence-corrected chi connectivity index (χ2v) is 6.97. The molecule has 128 valence electrons. The van der Waals surface area contributed by atoms with Crippen LogP contribution in [0.15, 0.2) is 18.5 Å². The largest absolute Gasteiger partial charge is 0.390 e. The number of rotatable bonds is 5. The Hall–Kier alpha value is -1.24. The molecule has 0 bridgehead atoms. The Morgan fingerprint density at radius 2 is 1.57 bits per heavy atom. The lowest BCUT2D eigenvalue weighted by Gasteiger charge is -2.37. The Morgan fingerprint density at radius 1 is 1.00 bits per heavy atom. The number of aliphatic hydroxyl groups excluding tert-OH is 1. The van der Waals surface area contributed by atoms with Crippen LogP contribution >= 0.6 is 0 Å². The lowest BCUT2D eigenvalue weighted by Crippen LogP contribution is -2.50. The summed E-state index contributed by atoms with van der Waals surface area (Å²) in [4.78, 5) is 15.6. The van der Waals surface area contributed by atoms with E-state index in [9.17, 15) is 5.11 Å². The number of β-amino-alcohol motifs (C(OH)–C–C–N with tert-alkyl or cyclic N) is 1. The number of hydrogen-bond donors (Lipinski definition) is 1. The Morgan fingerprint density at radius 3 is 2.17 bits per heavy atom. The first-order valence-corrected chi connectivity index (χ1v) is 8.85. The fourth-order valence-corrected chi connectivity index (χ4v) is 3.48. The molecule has 0 aromatic carbocycles. The predicted molar refractivity (Wildman–Crippen MR) is 91.5 cm³/mol. The molecule has 3 heterocycles. The lowest BCUT2D eigenvalue weighted by atomic mass is 9.99. The average Bonchev–Trinajstić information content (AvgIpc) is 2.58. The highest BCUT2D eigenvalue weighted by molar-refractivity contribution is 5.29. The van der Waals surface area contributed by atoms with Crippen LogP contribution in [-0.2, 0) is 0 Å². The van der Waals surface area contributed by atoms with Gasteiger partial charge in [0.05, 0.1) is 6.10 Å². The fraction of sp³-hybridized carbons (Fsp3) is 0.765. The van der Waals surface area contributed by atoms with E-state index in [1.807, 2.05) is 6.07 Å². The van der Waals surface area contributed by atoms with Crippen LogP contribution in [0.3, 0.4) is 0 Å². The van der Waals surface area contributed by atoms with Crippen LogP contribution in [0, 0.1) is 5.92 Å². The summed E-state index contributed by atoms with van der Waals surface area (Å²) in [5.74, 6) is 1.66. The molecule has 1 atom stereocenters. The van der Waals surface area contributed by atoms with E-state index in [4.69, 9.17) is 0 Å². The molecule has 1 unspecified atom stereocenters. The van der Waals surface area contributed by atoms with Gasteiger partial charge >= 0.3 is 0 Å². The normalized spacial score (nSPS) is 23.1. The van der Waals surface area contributed by atoms with E-state index in [-0.39, 0.29) is 6.10 Å². The number of likely N-dealkylation sites (tertiary alicyclic amines) is 1. The van der Waals surface area contributed by atoms with Crippen LogP contribution in [0.5, 0.6) is 0 Å². The minimum atomic E-state index is -0.247. The molecule has 2 saturated heterocycles. The van der Waals surface area contributed by atoms with Gasteiger partial charge in [-0.05, 0) is 37.9 Å². The second kappa shape index (κ2) is 8.04. The van der Waals surface area contributed by atoms with Crippen LogP contribution in [0.1, 0.15) is 19.8 Å². The van der Waals surface area contributed by atoms with Gasteiger partial charge in [0, 0.05) is 51.7 Å². The number of hydrogen-bond acceptors (Lipinski definition) is 6. The van der Waals surface area contributed by atoms with Crippen LogP contribution in [0.4, 0.5) is 5.95 Å². The third-order valence-electron chi connectivity index (χ3n) is 5.02. The van der Waals surface area contributed by atoms with Gasteiger partial charge in [-0.1, -0.05) is 6.92 Å². The second-order valence-electron chi connectivity index (χ2n) is 6.97. The molecule has 2 fully saturated rings. The molecular formula is C17H29N5O. The monoisotopic (exact) mass is 319 g/mol. The maximum Gasteiger partial charge on any atom is 0.225 e. The molecule has 2 aliphatic rings. The Kier molecular flexibility index (Phi) is 5.80. The van der Waals surface area contributed by atoms with E-state index >= 15 is 0 Å². The van der Waals surface area contributed by atoms with Crippen molar-refractivity contribution in [3.63, 3.8) is 0 Å². The third kappa shape index (κ3) is 4.86. The van der Waals surface area contributed by atoms with E-state index in [0.29, 0.717) is 0 Å². The molecule has 3 rings (SSSR count). The summed E-state index contributed by atoms with van der Waals surface area (Å²) in [5, 5.41) is 10.4. The van der Waals surface area contributed by atoms with Crippen molar-refractivity contribution < 1.29 is 5.11 Å². The van der Waals surface area contributed by atoms with Gasteiger partial charge in [-0.25, -0.2) is 9.97 Å². The van der Waals surface area contributed by atoms with E-state index in [1.165, 1.54) is 12.8 Å². The predicted octanol–water partition coefficient (Wildman–Crippen LogP) is 0.691. The lowest BCUT2D eigenvalue weighted by molar-refractivity contribution is 0.0596. The highest BCUT2D eigenvalue weighted by Crippen LogP contribution is 2.16. The van der Waals surface area contributed by atoms with Crippen molar-refractivity contribution in [1.82, 2.24) is 19.8 Å². The van der Waals surface area contributed by atoms with Crippen molar-refractivity contribution in [3.8, 4) is 0 Å². The van der Waals surface area contributed by atoms with Gasteiger partial charge in [0.1, 0.15) is 0 Å². The first-order chi connectivity index (χ1) is 11.2. The summed E-state index contributed by atoms with van der Waals surface area (Å²) >= 11 is 0. The number of aliphatic hydroxyl groups is 1. The van der Waals surface area contributed by atoms with E-state index < -0.39 is 0 Å². The number of piperazine rings is 1. The smallest absolute Gasteiger partial charge is 0.225 e. The minimum Gasteiger partial charge on any atom is -0.390 e. The van der Waals surface area contributed by atoms with Gasteiger partial charge < -0.3 is 14.9 Å². The fourth-order valence-electron chi connectivity index (χ4n) is 3.48. The van der Waals surface area contributed by atoms with E-state index in [0.717, 1.165) is 64.2 Å². The number of anilines is 1. The van der Waals surface area contributed by atoms with Crippen LogP contribution in [0.25, 0.3) is 0 Å². The van der Waals surface area contributed by atoms with Crippen molar-refractivity contribution in [3.05, 3.63) is 18.5 Å². The average molecular weight is 319 g/mol. The van der Waals surface area contributed by atoms with Crippen molar-refractivity contribution >= 4 is 5.95 Å². The van der Waals surface area contributed by atoms with Gasteiger partial charge in [-0.15, -0.1) is 0 Å². The molecule has 6 heteroatoms. The standard InChI is InChI=1S/C17H29N5O/c1-15-3-7-20(8-4-15)13-16(23)14-21-9-11-22(12-10-21)17-18-5-2-6-19-17/h2,5-6,15-16,23H,3-4,7-14H2,1H3. The zero-order valence-electron chi connectivity index (χ0n) is 14.1. The first kappa shape index (κ1) is 16.6. The molecule has 2 aliphatic heterocycles. The maximum atomic E-state index is 10.4. The zero-order chi connectivity index (χ0) is 16.1.